The Labute approximate surface area is 140 Å². The van der Waals surface area contributed by atoms with E-state index in [4.69, 9.17) is 10.5 Å². The number of hydrogen-bond donors (Lipinski definition) is 1. The Morgan fingerprint density at radius 2 is 2.17 bits per heavy atom. The molecule has 2 atom stereocenters. The minimum absolute atomic E-state index is 0.0608. The van der Waals surface area contributed by atoms with E-state index in [0.29, 0.717) is 17.3 Å². The molecule has 0 bridgehead atoms. The summed E-state index contributed by atoms with van der Waals surface area (Å²) in [5, 5.41) is 0.846. The van der Waals surface area contributed by atoms with E-state index in [0.717, 1.165) is 29.3 Å². The number of carbonyl (C=O) groups is 1. The van der Waals surface area contributed by atoms with Gasteiger partial charge in [0.2, 0.25) is 0 Å². The van der Waals surface area contributed by atoms with Crippen molar-refractivity contribution in [1.82, 2.24) is 9.88 Å². The quantitative estimate of drug-likeness (QED) is 0.935. The fourth-order valence-corrected chi connectivity index (χ4v) is 3.86. The van der Waals surface area contributed by atoms with Gasteiger partial charge in [-0.05, 0) is 50.1 Å². The first kappa shape index (κ1) is 16.0. The number of aromatic nitrogens is 1. The molecule has 0 spiro atoms. The zero-order valence-corrected chi connectivity index (χ0v) is 14.2. The normalized spacial score (nSPS) is 20.7. The minimum Gasteiger partial charge on any atom is -0.497 e. The van der Waals surface area contributed by atoms with Gasteiger partial charge in [0.05, 0.1) is 13.3 Å². The lowest BCUT2D eigenvalue weighted by Crippen LogP contribution is -2.33. The smallest absolute Gasteiger partial charge is 0.265 e. The van der Waals surface area contributed by atoms with Crippen LogP contribution in [0.2, 0.25) is 0 Å². The van der Waals surface area contributed by atoms with Gasteiger partial charge < -0.3 is 15.4 Å². The highest BCUT2D eigenvalue weighted by Crippen LogP contribution is 2.30. The summed E-state index contributed by atoms with van der Waals surface area (Å²) in [4.78, 5) is 19.7. The van der Waals surface area contributed by atoms with Crippen molar-refractivity contribution >= 4 is 17.2 Å². The molecule has 3 rings (SSSR count). The van der Waals surface area contributed by atoms with Gasteiger partial charge in [-0.1, -0.05) is 0 Å². The molecule has 1 fully saturated rings. The fraction of sp³-hybridized carbons (Fsp3) is 0.412. The molecule has 1 amide bonds. The number of rotatable bonds is 4. The monoisotopic (exact) mass is 331 g/mol. The molecule has 1 aromatic carbocycles. The maximum absolute atomic E-state index is 12.7. The number of nitrogens with zero attached hydrogens (tertiary/aromatic N) is 2. The first-order valence-electron chi connectivity index (χ1n) is 7.73. The number of benzene rings is 1. The van der Waals surface area contributed by atoms with Gasteiger partial charge in [-0.2, -0.15) is 0 Å². The van der Waals surface area contributed by atoms with E-state index in [9.17, 15) is 4.79 Å². The van der Waals surface area contributed by atoms with Crippen molar-refractivity contribution < 1.29 is 9.53 Å². The molecule has 2 aromatic rings. The van der Waals surface area contributed by atoms with Gasteiger partial charge in [0.1, 0.15) is 15.6 Å². The molecule has 0 aliphatic carbocycles. The van der Waals surface area contributed by atoms with Crippen molar-refractivity contribution in [2.45, 2.75) is 19.4 Å². The van der Waals surface area contributed by atoms with Gasteiger partial charge in [0, 0.05) is 18.2 Å². The predicted octanol–water partition coefficient (Wildman–Crippen LogP) is 2.63. The summed E-state index contributed by atoms with van der Waals surface area (Å²) in [6.07, 6.45) is 2.65. The van der Waals surface area contributed by atoms with Gasteiger partial charge in [-0.25, -0.2) is 4.98 Å². The Balaban J connectivity index is 1.77. The summed E-state index contributed by atoms with van der Waals surface area (Å²) >= 11 is 1.43. The van der Waals surface area contributed by atoms with Crippen LogP contribution in [-0.4, -0.2) is 42.0 Å². The largest absolute Gasteiger partial charge is 0.497 e. The minimum atomic E-state index is 0.0608. The summed E-state index contributed by atoms with van der Waals surface area (Å²) in [5.41, 5.74) is 6.73. The molecule has 1 aliphatic heterocycles. The topological polar surface area (TPSA) is 68.5 Å². The summed E-state index contributed by atoms with van der Waals surface area (Å²) in [5.74, 6) is 1.27. The molecule has 0 saturated carbocycles. The van der Waals surface area contributed by atoms with Crippen LogP contribution >= 0.6 is 11.3 Å². The van der Waals surface area contributed by atoms with Crippen LogP contribution < -0.4 is 10.5 Å². The maximum atomic E-state index is 12.7. The molecule has 6 heteroatoms. The van der Waals surface area contributed by atoms with Crippen molar-refractivity contribution in [2.24, 2.45) is 11.7 Å². The third-order valence-electron chi connectivity index (χ3n) is 4.31. The molecule has 5 nitrogen and oxygen atoms in total. The number of hydrogen-bond acceptors (Lipinski definition) is 5. The molecule has 2 heterocycles. The lowest BCUT2D eigenvalue weighted by atomic mass is 10.1. The molecule has 2 N–H and O–H groups in total. The zero-order valence-electron chi connectivity index (χ0n) is 13.4. The summed E-state index contributed by atoms with van der Waals surface area (Å²) in [6, 6.07) is 7.94. The van der Waals surface area contributed by atoms with E-state index in [1.165, 1.54) is 11.3 Å². The molecule has 1 saturated heterocycles. The van der Waals surface area contributed by atoms with Crippen LogP contribution in [0.25, 0.3) is 10.6 Å². The Kier molecular flexibility index (Phi) is 4.63. The van der Waals surface area contributed by atoms with E-state index >= 15 is 0 Å². The van der Waals surface area contributed by atoms with Crippen molar-refractivity contribution in [3.05, 3.63) is 35.3 Å². The highest BCUT2D eigenvalue weighted by molar-refractivity contribution is 7.16. The van der Waals surface area contributed by atoms with Gasteiger partial charge in [0.15, 0.2) is 0 Å². The number of likely N-dealkylation sites (tertiary alicyclic amines) is 1. The number of thiazole rings is 1. The van der Waals surface area contributed by atoms with Crippen LogP contribution in [0.4, 0.5) is 0 Å². The van der Waals surface area contributed by atoms with E-state index in [2.05, 4.69) is 11.9 Å². The Hall–Kier alpha value is -1.92. The van der Waals surface area contributed by atoms with Gasteiger partial charge in [-0.15, -0.1) is 11.3 Å². The number of methoxy groups -OCH3 is 1. The van der Waals surface area contributed by atoms with Gasteiger partial charge >= 0.3 is 0 Å². The summed E-state index contributed by atoms with van der Waals surface area (Å²) in [6.45, 7) is 3.46. The van der Waals surface area contributed by atoms with Crippen LogP contribution in [0.5, 0.6) is 5.75 Å². The lowest BCUT2D eigenvalue weighted by Gasteiger charge is -2.20. The standard InChI is InChI=1S/C17H21N3O2S/c1-11-7-12(8-18)10-20(11)17(21)15-9-19-16(23-15)13-3-5-14(22-2)6-4-13/h3-6,9,11-12H,7-8,10,18H2,1-2H3. The number of carbonyl (C=O) groups excluding carboxylic acids is 1. The summed E-state index contributed by atoms with van der Waals surface area (Å²) in [7, 11) is 1.64. The second-order valence-electron chi connectivity index (χ2n) is 5.90. The SMILES string of the molecule is COc1ccc(-c2ncc(C(=O)N3CC(CN)CC3C)s2)cc1. The number of amides is 1. The van der Waals surface area contributed by atoms with Crippen LogP contribution in [0, 0.1) is 5.92 Å². The highest BCUT2D eigenvalue weighted by atomic mass is 32.1. The van der Waals surface area contributed by atoms with Crippen molar-refractivity contribution in [1.29, 1.82) is 0 Å². The fourth-order valence-electron chi connectivity index (χ4n) is 2.98. The Morgan fingerprint density at radius 1 is 1.43 bits per heavy atom. The number of nitrogens with two attached hydrogens (primary N) is 1. The zero-order chi connectivity index (χ0) is 16.4. The third kappa shape index (κ3) is 3.23. The van der Waals surface area contributed by atoms with Crippen molar-refractivity contribution in [2.75, 3.05) is 20.2 Å². The van der Waals surface area contributed by atoms with Crippen LogP contribution in [0.1, 0.15) is 23.0 Å². The average molecular weight is 331 g/mol. The molecule has 1 aliphatic rings. The van der Waals surface area contributed by atoms with Crippen LogP contribution in [0.15, 0.2) is 30.5 Å². The van der Waals surface area contributed by atoms with Gasteiger partial charge in [-0.3, -0.25) is 4.79 Å². The molecular weight excluding hydrogens is 310 g/mol. The Morgan fingerprint density at radius 3 is 2.78 bits per heavy atom. The maximum Gasteiger partial charge on any atom is 0.265 e. The molecule has 0 radical (unpaired) electrons. The van der Waals surface area contributed by atoms with Crippen LogP contribution in [0.3, 0.4) is 0 Å². The van der Waals surface area contributed by atoms with E-state index in [1.807, 2.05) is 29.2 Å². The van der Waals surface area contributed by atoms with E-state index in [1.54, 1.807) is 13.3 Å². The molecule has 2 unspecified atom stereocenters. The van der Waals surface area contributed by atoms with E-state index < -0.39 is 0 Å². The molecule has 122 valence electrons. The second-order valence-corrected chi connectivity index (χ2v) is 6.93. The lowest BCUT2D eigenvalue weighted by molar-refractivity contribution is 0.0748. The van der Waals surface area contributed by atoms with Crippen molar-refractivity contribution in [3.8, 4) is 16.3 Å². The molecule has 23 heavy (non-hydrogen) atoms. The second kappa shape index (κ2) is 6.68. The van der Waals surface area contributed by atoms with E-state index in [-0.39, 0.29) is 11.9 Å². The predicted molar refractivity (Wildman–Crippen MR) is 91.8 cm³/mol. The first-order chi connectivity index (χ1) is 11.1. The third-order valence-corrected chi connectivity index (χ3v) is 5.34. The van der Waals surface area contributed by atoms with Crippen molar-refractivity contribution in [3.63, 3.8) is 0 Å². The Bertz CT molecular complexity index is 683. The molecular formula is C17H21N3O2S. The first-order valence-corrected chi connectivity index (χ1v) is 8.55. The number of ether oxygens (including phenoxy) is 1. The van der Waals surface area contributed by atoms with Gasteiger partial charge in [0.25, 0.3) is 5.91 Å². The van der Waals surface area contributed by atoms with Crippen LogP contribution in [-0.2, 0) is 0 Å². The molecule has 1 aromatic heterocycles. The summed E-state index contributed by atoms with van der Waals surface area (Å²) < 4.78 is 5.16. The highest BCUT2D eigenvalue weighted by Gasteiger charge is 2.32. The average Bonchev–Trinajstić information content (AvgIpc) is 3.21.